The topological polar surface area (TPSA) is 9.23 Å². The molecule has 0 aliphatic rings. The van der Waals surface area contributed by atoms with Crippen molar-refractivity contribution in [1.29, 1.82) is 0 Å². The highest BCUT2D eigenvalue weighted by Gasteiger charge is 2.21. The predicted octanol–water partition coefficient (Wildman–Crippen LogP) is 3.92. The summed E-state index contributed by atoms with van der Waals surface area (Å²) in [5.74, 6) is 0. The van der Waals surface area contributed by atoms with Crippen LogP contribution in [0, 0.1) is 0 Å². The van der Waals surface area contributed by atoms with Gasteiger partial charge in [0.05, 0.1) is 0 Å². The Morgan fingerprint density at radius 1 is 0.850 bits per heavy atom. The van der Waals surface area contributed by atoms with Gasteiger partial charge in [0.25, 0.3) is 0 Å². The van der Waals surface area contributed by atoms with Gasteiger partial charge in [0, 0.05) is 16.7 Å². The third-order valence-electron chi connectivity index (χ3n) is 3.13. The van der Waals surface area contributed by atoms with Gasteiger partial charge in [-0.05, 0) is 41.6 Å². The molecule has 0 radical (unpaired) electrons. The molecule has 0 saturated heterocycles. The minimum atomic E-state index is -0.0731. The van der Waals surface area contributed by atoms with Crippen molar-refractivity contribution in [1.82, 2.24) is 0 Å². The van der Waals surface area contributed by atoms with Crippen LogP contribution in [0.3, 0.4) is 0 Å². The highest BCUT2D eigenvalue weighted by Crippen LogP contribution is 2.08. The lowest BCUT2D eigenvalue weighted by Crippen LogP contribution is -2.45. The van der Waals surface area contributed by atoms with Crippen molar-refractivity contribution in [3.63, 3.8) is 0 Å². The summed E-state index contributed by atoms with van der Waals surface area (Å²) in [6, 6.07) is 15.6. The van der Waals surface area contributed by atoms with Crippen molar-refractivity contribution < 1.29 is 4.65 Å². The number of hydrogen-bond acceptors (Lipinski definition) is 1. The summed E-state index contributed by atoms with van der Waals surface area (Å²) in [5, 5.41) is 1.47. The Kier molecular flexibility index (Phi) is 5.96. The Morgan fingerprint density at radius 3 is 1.70 bits per heavy atom. The van der Waals surface area contributed by atoms with Crippen molar-refractivity contribution in [2.24, 2.45) is 0 Å². The lowest BCUT2D eigenvalue weighted by atomic mass is 9.55. The molecule has 0 unspecified atom stereocenters. The summed E-state index contributed by atoms with van der Waals surface area (Å²) >= 11 is 11.9. The van der Waals surface area contributed by atoms with Gasteiger partial charge in [-0.15, -0.1) is 0 Å². The first-order valence-corrected chi connectivity index (χ1v) is 7.59. The predicted molar refractivity (Wildman–Crippen MR) is 88.8 cm³/mol. The van der Waals surface area contributed by atoms with E-state index in [1.807, 2.05) is 48.5 Å². The van der Waals surface area contributed by atoms with Crippen LogP contribution in [0.15, 0.2) is 48.5 Å². The van der Waals surface area contributed by atoms with Gasteiger partial charge in [-0.2, -0.15) is 0 Å². The quantitative estimate of drug-likeness (QED) is 0.581. The van der Waals surface area contributed by atoms with Crippen LogP contribution in [0.2, 0.25) is 10.0 Å². The maximum atomic E-state index is 6.05. The first kappa shape index (κ1) is 15.4. The molecule has 0 bridgehead atoms. The monoisotopic (exact) mass is 306 g/mol. The number of hydrogen-bond donors (Lipinski definition) is 0. The van der Waals surface area contributed by atoms with E-state index in [0.717, 1.165) is 40.4 Å². The van der Waals surface area contributed by atoms with E-state index in [-0.39, 0.29) is 6.92 Å². The average molecular weight is 307 g/mol. The lowest BCUT2D eigenvalue weighted by Gasteiger charge is -2.15. The molecule has 0 N–H and O–H groups in total. The van der Waals surface area contributed by atoms with Gasteiger partial charge in [-0.3, -0.25) is 0 Å². The van der Waals surface area contributed by atoms with Gasteiger partial charge in [0.2, 0.25) is 0 Å². The van der Waals surface area contributed by atoms with Crippen LogP contribution in [0.4, 0.5) is 0 Å². The fourth-order valence-corrected chi connectivity index (χ4v) is 2.26. The molecule has 0 aromatic heterocycles. The smallest absolute Gasteiger partial charge is 0.361 e. The SMILES string of the molecule is CCCCOB(c1ccc(Cl)cc1)c1ccc(Cl)cc1. The third-order valence-corrected chi connectivity index (χ3v) is 3.63. The van der Waals surface area contributed by atoms with Crippen LogP contribution in [0.25, 0.3) is 0 Å². The van der Waals surface area contributed by atoms with Crippen LogP contribution in [-0.4, -0.2) is 13.5 Å². The summed E-state index contributed by atoms with van der Waals surface area (Å²) in [6.45, 7) is 2.83. The van der Waals surface area contributed by atoms with E-state index in [4.69, 9.17) is 27.9 Å². The molecular formula is C16H17BCl2O. The Labute approximate surface area is 131 Å². The van der Waals surface area contributed by atoms with Crippen molar-refractivity contribution in [3.8, 4) is 0 Å². The standard InChI is InChI=1S/C16H17BCl2O/c1-2-3-12-20-17(13-4-8-15(18)9-5-13)14-6-10-16(19)11-7-14/h4-11H,2-3,12H2,1H3. The average Bonchev–Trinajstić information content (AvgIpc) is 2.46. The van der Waals surface area contributed by atoms with Gasteiger partial charge in [-0.25, -0.2) is 0 Å². The van der Waals surface area contributed by atoms with Crippen LogP contribution < -0.4 is 10.9 Å². The van der Waals surface area contributed by atoms with Crippen molar-refractivity contribution in [3.05, 3.63) is 58.6 Å². The van der Waals surface area contributed by atoms with Gasteiger partial charge >= 0.3 is 6.92 Å². The molecule has 0 spiro atoms. The minimum Gasteiger partial charge on any atom is -0.427 e. The largest absolute Gasteiger partial charge is 0.427 e. The van der Waals surface area contributed by atoms with Gasteiger partial charge < -0.3 is 4.65 Å². The van der Waals surface area contributed by atoms with Crippen LogP contribution in [0.5, 0.6) is 0 Å². The first-order valence-electron chi connectivity index (χ1n) is 6.83. The zero-order valence-electron chi connectivity index (χ0n) is 11.5. The molecule has 104 valence electrons. The number of rotatable bonds is 6. The fraction of sp³-hybridized carbons (Fsp3) is 0.250. The number of unbranched alkanes of at least 4 members (excludes halogenated alkanes) is 1. The molecule has 1 nitrogen and oxygen atoms in total. The molecule has 0 amide bonds. The van der Waals surface area contributed by atoms with Crippen LogP contribution in [0.1, 0.15) is 19.8 Å². The normalized spacial score (nSPS) is 10.6. The molecule has 4 heteroatoms. The Morgan fingerprint density at radius 2 is 1.30 bits per heavy atom. The Balaban J connectivity index is 2.23. The lowest BCUT2D eigenvalue weighted by molar-refractivity contribution is 0.324. The summed E-state index contributed by atoms with van der Waals surface area (Å²) in [5.41, 5.74) is 2.21. The summed E-state index contributed by atoms with van der Waals surface area (Å²) < 4.78 is 6.05. The van der Waals surface area contributed by atoms with Crippen LogP contribution in [-0.2, 0) is 4.65 Å². The van der Waals surface area contributed by atoms with E-state index in [0.29, 0.717) is 0 Å². The summed E-state index contributed by atoms with van der Waals surface area (Å²) in [4.78, 5) is 0. The third kappa shape index (κ3) is 4.27. The molecule has 0 aliphatic heterocycles. The van der Waals surface area contributed by atoms with Crippen molar-refractivity contribution in [2.75, 3.05) is 6.61 Å². The zero-order valence-corrected chi connectivity index (χ0v) is 13.0. The van der Waals surface area contributed by atoms with E-state index in [9.17, 15) is 0 Å². The second-order valence-corrected chi connectivity index (χ2v) is 5.58. The zero-order chi connectivity index (χ0) is 14.4. The highest BCUT2D eigenvalue weighted by atomic mass is 35.5. The molecule has 0 saturated carbocycles. The molecule has 2 aromatic carbocycles. The molecular weight excluding hydrogens is 290 g/mol. The molecule has 2 rings (SSSR count). The maximum absolute atomic E-state index is 6.05. The molecule has 2 aromatic rings. The first-order chi connectivity index (χ1) is 9.70. The molecule has 20 heavy (non-hydrogen) atoms. The summed E-state index contributed by atoms with van der Waals surface area (Å²) in [7, 11) is 0. The van der Waals surface area contributed by atoms with Crippen LogP contribution >= 0.6 is 23.2 Å². The van der Waals surface area contributed by atoms with E-state index in [2.05, 4.69) is 6.92 Å². The van der Waals surface area contributed by atoms with Gasteiger partial charge in [0.1, 0.15) is 0 Å². The molecule has 0 atom stereocenters. The van der Waals surface area contributed by atoms with Crippen molar-refractivity contribution >= 4 is 41.0 Å². The van der Waals surface area contributed by atoms with Gasteiger partial charge in [0.15, 0.2) is 0 Å². The molecule has 0 aliphatic carbocycles. The number of halogens is 2. The van der Waals surface area contributed by atoms with Gasteiger partial charge in [-0.1, -0.05) is 60.8 Å². The van der Waals surface area contributed by atoms with E-state index >= 15 is 0 Å². The highest BCUT2D eigenvalue weighted by molar-refractivity contribution is 6.80. The fourth-order valence-electron chi connectivity index (χ4n) is 2.01. The second-order valence-electron chi connectivity index (χ2n) is 4.71. The molecule has 0 heterocycles. The maximum Gasteiger partial charge on any atom is 0.361 e. The Bertz CT molecular complexity index is 480. The van der Waals surface area contributed by atoms with E-state index in [1.165, 1.54) is 0 Å². The second kappa shape index (κ2) is 7.73. The minimum absolute atomic E-state index is 0.0731. The number of benzene rings is 2. The van der Waals surface area contributed by atoms with E-state index < -0.39 is 0 Å². The van der Waals surface area contributed by atoms with E-state index in [1.54, 1.807) is 0 Å². The summed E-state index contributed by atoms with van der Waals surface area (Å²) in [6.07, 6.45) is 2.17. The molecule has 0 fully saturated rings. The van der Waals surface area contributed by atoms with Crippen molar-refractivity contribution in [2.45, 2.75) is 19.8 Å². The Hall–Kier alpha value is -0.955.